The molecular weight excluding hydrogens is 388 g/mol. The van der Waals surface area contributed by atoms with Gasteiger partial charge in [0.05, 0.1) is 11.7 Å². The van der Waals surface area contributed by atoms with E-state index in [4.69, 9.17) is 4.74 Å². The first-order valence-electron chi connectivity index (χ1n) is 11.1. The van der Waals surface area contributed by atoms with Crippen LogP contribution in [0.5, 0.6) is 5.75 Å². The van der Waals surface area contributed by atoms with Crippen molar-refractivity contribution in [2.24, 2.45) is 5.92 Å². The van der Waals surface area contributed by atoms with Gasteiger partial charge in [-0.2, -0.15) is 0 Å². The third kappa shape index (κ3) is 4.09. The van der Waals surface area contributed by atoms with Gasteiger partial charge in [0.15, 0.2) is 0 Å². The SMILES string of the molecule is CC(C)CN1C(=O)C(c2ccc(OC(C)C)cc2)=C(N2CCCc3ccccc32)C1=O. The van der Waals surface area contributed by atoms with Gasteiger partial charge in [-0.05, 0) is 61.9 Å². The van der Waals surface area contributed by atoms with E-state index in [1.807, 2.05) is 75.1 Å². The molecule has 5 nitrogen and oxygen atoms in total. The van der Waals surface area contributed by atoms with Gasteiger partial charge in [0.25, 0.3) is 11.8 Å². The monoisotopic (exact) mass is 418 g/mol. The molecule has 0 unspecified atom stereocenters. The Hall–Kier alpha value is -3.08. The number of benzene rings is 2. The fourth-order valence-electron chi connectivity index (χ4n) is 4.34. The van der Waals surface area contributed by atoms with Crippen molar-refractivity contribution in [3.63, 3.8) is 0 Å². The Kier molecular flexibility index (Phi) is 5.86. The Labute approximate surface area is 184 Å². The van der Waals surface area contributed by atoms with E-state index in [0.717, 1.165) is 36.4 Å². The summed E-state index contributed by atoms with van der Waals surface area (Å²) in [5.41, 5.74) is 3.96. The van der Waals surface area contributed by atoms with Gasteiger partial charge in [0, 0.05) is 18.8 Å². The second kappa shape index (κ2) is 8.58. The lowest BCUT2D eigenvalue weighted by Gasteiger charge is -2.32. The molecular formula is C26H30N2O3. The van der Waals surface area contributed by atoms with Gasteiger partial charge < -0.3 is 9.64 Å². The van der Waals surface area contributed by atoms with Crippen molar-refractivity contribution in [2.75, 3.05) is 18.0 Å². The van der Waals surface area contributed by atoms with Gasteiger partial charge in [-0.25, -0.2) is 0 Å². The molecule has 5 heteroatoms. The van der Waals surface area contributed by atoms with Crippen molar-refractivity contribution >= 4 is 23.1 Å². The molecule has 2 aliphatic rings. The molecule has 2 aromatic carbocycles. The predicted octanol–water partition coefficient (Wildman–Crippen LogP) is 4.66. The van der Waals surface area contributed by atoms with E-state index in [1.54, 1.807) is 0 Å². The van der Waals surface area contributed by atoms with Crippen molar-refractivity contribution in [1.29, 1.82) is 0 Å². The third-order valence-corrected chi connectivity index (χ3v) is 5.59. The maximum atomic E-state index is 13.5. The number of fused-ring (bicyclic) bond motifs is 1. The average Bonchev–Trinajstić information content (AvgIpc) is 2.98. The minimum absolute atomic E-state index is 0.0710. The number of hydrogen-bond acceptors (Lipinski definition) is 4. The zero-order valence-electron chi connectivity index (χ0n) is 18.7. The quantitative estimate of drug-likeness (QED) is 0.640. The summed E-state index contributed by atoms with van der Waals surface area (Å²) in [6.07, 6.45) is 2.00. The van der Waals surface area contributed by atoms with Crippen molar-refractivity contribution in [1.82, 2.24) is 4.90 Å². The smallest absolute Gasteiger partial charge is 0.278 e. The number of carbonyl (C=O) groups is 2. The summed E-state index contributed by atoms with van der Waals surface area (Å²) < 4.78 is 5.75. The number of imide groups is 1. The number of para-hydroxylation sites is 1. The highest BCUT2D eigenvalue weighted by molar-refractivity contribution is 6.36. The van der Waals surface area contributed by atoms with Crippen LogP contribution in [0.2, 0.25) is 0 Å². The highest BCUT2D eigenvalue weighted by Crippen LogP contribution is 2.38. The van der Waals surface area contributed by atoms with Gasteiger partial charge in [0.2, 0.25) is 0 Å². The molecule has 31 heavy (non-hydrogen) atoms. The van der Waals surface area contributed by atoms with E-state index in [-0.39, 0.29) is 23.8 Å². The lowest BCUT2D eigenvalue weighted by atomic mass is 9.98. The number of rotatable bonds is 6. The number of nitrogens with zero attached hydrogens (tertiary/aromatic N) is 2. The molecule has 4 rings (SSSR count). The van der Waals surface area contributed by atoms with Crippen LogP contribution < -0.4 is 9.64 Å². The van der Waals surface area contributed by atoms with E-state index in [1.165, 1.54) is 10.5 Å². The van der Waals surface area contributed by atoms with Crippen molar-refractivity contribution in [3.05, 3.63) is 65.4 Å². The Morgan fingerprint density at radius 1 is 0.935 bits per heavy atom. The first-order chi connectivity index (χ1) is 14.9. The summed E-state index contributed by atoms with van der Waals surface area (Å²) in [4.78, 5) is 30.5. The third-order valence-electron chi connectivity index (χ3n) is 5.59. The van der Waals surface area contributed by atoms with Crippen LogP contribution in [0.1, 0.15) is 45.2 Å². The van der Waals surface area contributed by atoms with E-state index >= 15 is 0 Å². The zero-order valence-corrected chi connectivity index (χ0v) is 18.7. The van der Waals surface area contributed by atoms with Crippen LogP contribution in [-0.2, 0) is 16.0 Å². The van der Waals surface area contributed by atoms with E-state index in [0.29, 0.717) is 17.8 Å². The normalized spacial score (nSPS) is 16.6. The molecule has 0 aliphatic carbocycles. The Balaban J connectivity index is 1.82. The molecule has 0 aromatic heterocycles. The summed E-state index contributed by atoms with van der Waals surface area (Å²) in [5.74, 6) is 0.533. The summed E-state index contributed by atoms with van der Waals surface area (Å²) in [5, 5.41) is 0. The van der Waals surface area contributed by atoms with Crippen LogP contribution in [0.3, 0.4) is 0 Å². The lowest BCUT2D eigenvalue weighted by molar-refractivity contribution is -0.137. The number of hydrogen-bond donors (Lipinski definition) is 0. The number of ether oxygens (including phenoxy) is 1. The zero-order chi connectivity index (χ0) is 22.1. The highest BCUT2D eigenvalue weighted by Gasteiger charge is 2.42. The first-order valence-corrected chi connectivity index (χ1v) is 11.1. The van der Waals surface area contributed by atoms with Gasteiger partial charge in [0.1, 0.15) is 11.4 Å². The second-order valence-corrected chi connectivity index (χ2v) is 8.91. The largest absolute Gasteiger partial charge is 0.491 e. The maximum absolute atomic E-state index is 13.5. The molecule has 0 atom stereocenters. The summed E-state index contributed by atoms with van der Waals surface area (Å²) in [6.45, 7) is 9.13. The molecule has 0 spiro atoms. The summed E-state index contributed by atoms with van der Waals surface area (Å²) in [7, 11) is 0. The van der Waals surface area contributed by atoms with Crippen LogP contribution in [-0.4, -0.2) is 35.9 Å². The summed E-state index contributed by atoms with van der Waals surface area (Å²) >= 11 is 0. The van der Waals surface area contributed by atoms with Crippen LogP contribution >= 0.6 is 0 Å². The topological polar surface area (TPSA) is 49.9 Å². The molecule has 2 aromatic rings. The molecule has 0 N–H and O–H groups in total. The predicted molar refractivity (Wildman–Crippen MR) is 123 cm³/mol. The van der Waals surface area contributed by atoms with Crippen LogP contribution in [0.15, 0.2) is 54.2 Å². The van der Waals surface area contributed by atoms with Gasteiger partial charge in [-0.15, -0.1) is 0 Å². The Bertz CT molecular complexity index is 1020. The Morgan fingerprint density at radius 3 is 2.32 bits per heavy atom. The minimum atomic E-state index is -0.214. The van der Waals surface area contributed by atoms with Gasteiger partial charge in [-0.3, -0.25) is 14.5 Å². The van der Waals surface area contributed by atoms with Crippen LogP contribution in [0.25, 0.3) is 5.57 Å². The van der Waals surface area contributed by atoms with E-state index in [2.05, 4.69) is 6.07 Å². The molecule has 2 aliphatic heterocycles. The van der Waals surface area contributed by atoms with Gasteiger partial charge in [-0.1, -0.05) is 44.2 Å². The molecule has 2 heterocycles. The number of amides is 2. The van der Waals surface area contributed by atoms with E-state index in [9.17, 15) is 9.59 Å². The lowest BCUT2D eigenvalue weighted by Crippen LogP contribution is -2.38. The molecule has 2 amide bonds. The Morgan fingerprint density at radius 2 is 1.65 bits per heavy atom. The fraction of sp³-hybridized carbons (Fsp3) is 0.385. The minimum Gasteiger partial charge on any atom is -0.491 e. The number of aryl methyl sites for hydroxylation is 1. The van der Waals surface area contributed by atoms with Crippen molar-refractivity contribution in [2.45, 2.75) is 46.6 Å². The number of carbonyl (C=O) groups excluding carboxylic acids is 2. The molecule has 0 fully saturated rings. The van der Waals surface area contributed by atoms with Gasteiger partial charge >= 0.3 is 0 Å². The summed E-state index contributed by atoms with van der Waals surface area (Å²) in [6, 6.07) is 15.7. The molecule has 0 bridgehead atoms. The molecule has 0 radical (unpaired) electrons. The molecule has 162 valence electrons. The fourth-order valence-corrected chi connectivity index (χ4v) is 4.34. The van der Waals surface area contributed by atoms with Crippen molar-refractivity contribution in [3.8, 4) is 5.75 Å². The van der Waals surface area contributed by atoms with E-state index < -0.39 is 0 Å². The van der Waals surface area contributed by atoms with Crippen molar-refractivity contribution < 1.29 is 14.3 Å². The average molecular weight is 419 g/mol. The molecule has 0 saturated heterocycles. The number of anilines is 1. The first kappa shape index (κ1) is 21.2. The second-order valence-electron chi connectivity index (χ2n) is 8.91. The standard InChI is InChI=1S/C26H30N2O3/c1-17(2)16-28-25(29)23(20-11-13-21(14-12-20)31-18(3)4)24(26(28)30)27-15-7-9-19-8-5-6-10-22(19)27/h5-6,8,10-14,17-18H,7,9,15-16H2,1-4H3. The van der Waals surface area contributed by atoms with Crippen LogP contribution in [0.4, 0.5) is 5.69 Å². The van der Waals surface area contributed by atoms with Crippen LogP contribution in [0, 0.1) is 5.92 Å². The highest BCUT2D eigenvalue weighted by atomic mass is 16.5. The maximum Gasteiger partial charge on any atom is 0.278 e. The molecule has 0 saturated carbocycles.